The van der Waals surface area contributed by atoms with Gasteiger partial charge in [0, 0.05) is 0 Å². The maximum atomic E-state index is 12.9. The molecule has 3 aromatic rings. The summed E-state index contributed by atoms with van der Waals surface area (Å²) in [6, 6.07) is 10.9. The number of nitrogens with zero attached hydrogens (tertiary/aromatic N) is 2. The van der Waals surface area contributed by atoms with E-state index in [0.29, 0.717) is 11.1 Å². The average molecular weight is 364 g/mol. The summed E-state index contributed by atoms with van der Waals surface area (Å²) >= 11 is 0. The van der Waals surface area contributed by atoms with Crippen LogP contribution in [-0.4, -0.2) is 34.3 Å². The molecule has 0 saturated carbocycles. The minimum atomic E-state index is -0.599. The summed E-state index contributed by atoms with van der Waals surface area (Å²) in [5.41, 5.74) is 0.786. The van der Waals surface area contributed by atoms with Gasteiger partial charge in [0.2, 0.25) is 5.89 Å². The first-order valence-corrected chi connectivity index (χ1v) is 8.52. The van der Waals surface area contributed by atoms with Crippen molar-refractivity contribution in [3.05, 3.63) is 64.9 Å². The Balaban J connectivity index is 1.67. The number of ether oxygens (including phenoxy) is 1. The Hall–Kier alpha value is -3.48. The Morgan fingerprint density at radius 1 is 1.15 bits per heavy atom. The van der Waals surface area contributed by atoms with E-state index in [1.807, 2.05) is 30.3 Å². The molecule has 4 rings (SSSR count). The molecule has 0 unspecified atom stereocenters. The van der Waals surface area contributed by atoms with Gasteiger partial charge in [-0.3, -0.25) is 14.5 Å². The van der Waals surface area contributed by atoms with Crippen molar-refractivity contribution in [2.75, 3.05) is 6.61 Å². The summed E-state index contributed by atoms with van der Waals surface area (Å²) in [5.74, 6) is -1.02. The van der Waals surface area contributed by atoms with Gasteiger partial charge in [-0.1, -0.05) is 30.3 Å². The topological polar surface area (TPSA) is 89.7 Å². The molecule has 0 bridgehead atoms. The number of hydrogen-bond donors (Lipinski definition) is 0. The molecule has 7 heteroatoms. The maximum Gasteiger partial charge on any atom is 0.360 e. The number of rotatable bonds is 4. The van der Waals surface area contributed by atoms with Gasteiger partial charge in [0.1, 0.15) is 12.3 Å². The highest BCUT2D eigenvalue weighted by Crippen LogP contribution is 2.31. The van der Waals surface area contributed by atoms with E-state index in [1.165, 1.54) is 0 Å². The first kappa shape index (κ1) is 17.0. The van der Waals surface area contributed by atoms with E-state index < -0.39 is 17.8 Å². The lowest BCUT2D eigenvalue weighted by atomic mass is 10.0. The first-order valence-electron chi connectivity index (χ1n) is 8.52. The van der Waals surface area contributed by atoms with E-state index in [1.54, 1.807) is 19.9 Å². The van der Waals surface area contributed by atoms with Crippen LogP contribution in [0.25, 0.3) is 10.8 Å². The largest absolute Gasteiger partial charge is 0.461 e. The zero-order chi connectivity index (χ0) is 19.1. The molecule has 0 saturated heterocycles. The molecule has 1 aliphatic rings. The molecule has 2 aromatic carbocycles. The van der Waals surface area contributed by atoms with Crippen LogP contribution in [0.1, 0.15) is 49.8 Å². The van der Waals surface area contributed by atoms with Gasteiger partial charge in [-0.15, -0.1) is 0 Å². The number of aromatic nitrogens is 1. The molecule has 27 heavy (non-hydrogen) atoms. The number of benzene rings is 2. The Morgan fingerprint density at radius 2 is 1.93 bits per heavy atom. The van der Waals surface area contributed by atoms with Gasteiger partial charge in [-0.25, -0.2) is 9.78 Å². The van der Waals surface area contributed by atoms with E-state index in [-0.39, 0.29) is 30.5 Å². The summed E-state index contributed by atoms with van der Waals surface area (Å²) in [6.07, 6.45) is 0. The van der Waals surface area contributed by atoms with Crippen LogP contribution in [0.4, 0.5) is 0 Å². The lowest BCUT2D eigenvalue weighted by Crippen LogP contribution is -2.29. The Bertz CT molecular complexity index is 1100. The number of fused-ring (bicyclic) bond motifs is 3. The number of hydrogen-bond acceptors (Lipinski definition) is 6. The lowest BCUT2D eigenvalue weighted by molar-refractivity contribution is 0.0517. The van der Waals surface area contributed by atoms with E-state index in [0.717, 1.165) is 15.7 Å². The molecule has 2 heterocycles. The quantitative estimate of drug-likeness (QED) is 0.522. The summed E-state index contributed by atoms with van der Waals surface area (Å²) in [6.45, 7) is 3.34. The number of carbonyl (C=O) groups excluding carboxylic acids is 3. The number of aryl methyl sites for hydroxylation is 1. The van der Waals surface area contributed by atoms with Crippen LogP contribution in [0, 0.1) is 6.92 Å². The maximum absolute atomic E-state index is 12.9. The number of esters is 1. The van der Waals surface area contributed by atoms with E-state index in [9.17, 15) is 14.4 Å². The van der Waals surface area contributed by atoms with Crippen LogP contribution in [0.5, 0.6) is 0 Å². The Labute approximate surface area is 154 Å². The van der Waals surface area contributed by atoms with Gasteiger partial charge in [0.05, 0.1) is 17.7 Å². The van der Waals surface area contributed by atoms with Gasteiger partial charge in [-0.2, -0.15) is 0 Å². The minimum absolute atomic E-state index is 0.0499. The molecule has 0 radical (unpaired) electrons. The second-order valence-corrected chi connectivity index (χ2v) is 6.14. The van der Waals surface area contributed by atoms with Crippen LogP contribution in [-0.2, 0) is 11.3 Å². The summed E-state index contributed by atoms with van der Waals surface area (Å²) < 4.78 is 10.4. The smallest absolute Gasteiger partial charge is 0.360 e. The molecule has 0 aliphatic carbocycles. The zero-order valence-corrected chi connectivity index (χ0v) is 14.8. The SMILES string of the molecule is CCOC(=O)c1nc(CN2C(=O)c3ccc4ccccc4c3C2=O)oc1C. The highest BCUT2D eigenvalue weighted by molar-refractivity contribution is 6.26. The number of imide groups is 1. The van der Waals surface area contributed by atoms with Crippen molar-refractivity contribution in [2.45, 2.75) is 20.4 Å². The predicted molar refractivity (Wildman–Crippen MR) is 95.3 cm³/mol. The highest BCUT2D eigenvalue weighted by Gasteiger charge is 2.38. The summed E-state index contributed by atoms with van der Waals surface area (Å²) in [7, 11) is 0. The fraction of sp³-hybridized carbons (Fsp3) is 0.200. The molecule has 0 fully saturated rings. The molecule has 0 spiro atoms. The van der Waals surface area contributed by atoms with Gasteiger partial charge in [0.25, 0.3) is 11.8 Å². The van der Waals surface area contributed by atoms with Crippen LogP contribution in [0.3, 0.4) is 0 Å². The van der Waals surface area contributed by atoms with E-state index >= 15 is 0 Å². The predicted octanol–water partition coefficient (Wildman–Crippen LogP) is 3.11. The third-order valence-corrected chi connectivity index (χ3v) is 4.47. The van der Waals surface area contributed by atoms with Crippen molar-refractivity contribution in [3.8, 4) is 0 Å². The fourth-order valence-electron chi connectivity index (χ4n) is 3.24. The Kier molecular flexibility index (Phi) is 3.99. The second kappa shape index (κ2) is 6.35. The lowest BCUT2D eigenvalue weighted by Gasteiger charge is -2.10. The normalized spacial score (nSPS) is 13.3. The van der Waals surface area contributed by atoms with E-state index in [2.05, 4.69) is 4.98 Å². The third-order valence-electron chi connectivity index (χ3n) is 4.47. The standard InChI is InChI=1S/C20H16N2O5/c1-3-26-20(25)17-11(2)27-15(21-17)10-22-18(23)14-9-8-12-6-4-5-7-13(12)16(14)19(22)24/h4-9H,3,10H2,1-2H3. The molecule has 2 amide bonds. The number of amides is 2. The molecule has 136 valence electrons. The van der Waals surface area contributed by atoms with Crippen molar-refractivity contribution in [1.29, 1.82) is 0 Å². The molecule has 1 aromatic heterocycles. The minimum Gasteiger partial charge on any atom is -0.461 e. The van der Waals surface area contributed by atoms with Gasteiger partial charge in [-0.05, 0) is 30.7 Å². The van der Waals surface area contributed by atoms with Crippen LogP contribution >= 0.6 is 0 Å². The summed E-state index contributed by atoms with van der Waals surface area (Å²) in [4.78, 5) is 42.7. The fourth-order valence-corrected chi connectivity index (χ4v) is 3.24. The molecular formula is C20H16N2O5. The van der Waals surface area contributed by atoms with E-state index in [4.69, 9.17) is 9.15 Å². The average Bonchev–Trinajstić information content (AvgIpc) is 3.15. The van der Waals surface area contributed by atoms with Crippen molar-refractivity contribution in [1.82, 2.24) is 9.88 Å². The molecule has 7 nitrogen and oxygen atoms in total. The zero-order valence-electron chi connectivity index (χ0n) is 14.8. The second-order valence-electron chi connectivity index (χ2n) is 6.14. The van der Waals surface area contributed by atoms with Gasteiger partial charge in [0.15, 0.2) is 5.69 Å². The number of carbonyl (C=O) groups is 3. The molecule has 1 aliphatic heterocycles. The third kappa shape index (κ3) is 2.68. The van der Waals surface area contributed by atoms with Crippen molar-refractivity contribution in [2.24, 2.45) is 0 Å². The molecular weight excluding hydrogens is 348 g/mol. The highest BCUT2D eigenvalue weighted by atomic mass is 16.5. The van der Waals surface area contributed by atoms with Crippen molar-refractivity contribution < 1.29 is 23.5 Å². The van der Waals surface area contributed by atoms with Gasteiger partial charge >= 0.3 is 5.97 Å². The number of oxazole rings is 1. The summed E-state index contributed by atoms with van der Waals surface area (Å²) in [5, 5.41) is 1.61. The van der Waals surface area contributed by atoms with Crippen molar-refractivity contribution >= 4 is 28.6 Å². The van der Waals surface area contributed by atoms with Gasteiger partial charge < -0.3 is 9.15 Å². The Morgan fingerprint density at radius 3 is 2.70 bits per heavy atom. The van der Waals surface area contributed by atoms with Crippen LogP contribution in [0.2, 0.25) is 0 Å². The first-order chi connectivity index (χ1) is 13.0. The molecule has 0 atom stereocenters. The van der Waals surface area contributed by atoms with Crippen LogP contribution in [0.15, 0.2) is 40.8 Å². The molecule has 0 N–H and O–H groups in total. The van der Waals surface area contributed by atoms with Crippen molar-refractivity contribution in [3.63, 3.8) is 0 Å². The van der Waals surface area contributed by atoms with Crippen LogP contribution < -0.4 is 0 Å². The monoisotopic (exact) mass is 364 g/mol.